The van der Waals surface area contributed by atoms with E-state index in [1.165, 1.54) is 23.9 Å². The molecule has 0 unspecified atom stereocenters. The molecule has 32 heavy (non-hydrogen) atoms. The maximum atomic E-state index is 14.0. The third-order valence-corrected chi connectivity index (χ3v) is 6.56. The quantitative estimate of drug-likeness (QED) is 0.672. The van der Waals surface area contributed by atoms with Crippen molar-refractivity contribution in [3.63, 3.8) is 0 Å². The number of nitrogens with zero attached hydrogens (tertiary/aromatic N) is 2. The van der Waals surface area contributed by atoms with E-state index in [4.69, 9.17) is 0 Å². The molecule has 6 heteroatoms. The second-order valence-corrected chi connectivity index (χ2v) is 8.43. The molecule has 3 aromatic carbocycles. The van der Waals surface area contributed by atoms with Crippen molar-refractivity contribution in [1.82, 2.24) is 5.32 Å². The van der Waals surface area contributed by atoms with Crippen molar-refractivity contribution in [2.24, 2.45) is 5.92 Å². The Bertz CT molecular complexity index is 1120. The van der Waals surface area contributed by atoms with E-state index in [1.54, 1.807) is 30.3 Å². The zero-order chi connectivity index (χ0) is 22.1. The molecular formula is C26H25F2N3O. The number of piperazine rings is 1. The molecule has 1 fully saturated rings. The first-order chi connectivity index (χ1) is 15.6. The van der Waals surface area contributed by atoms with E-state index in [-0.39, 0.29) is 36.0 Å². The molecule has 0 spiro atoms. The number of benzene rings is 3. The predicted octanol–water partition coefficient (Wildman–Crippen LogP) is 4.15. The van der Waals surface area contributed by atoms with E-state index in [1.807, 2.05) is 12.1 Å². The smallest absolute Gasteiger partial charge is 0.225 e. The number of amides is 1. The molecule has 1 amide bonds. The summed E-state index contributed by atoms with van der Waals surface area (Å²) in [6.07, 6.45) is 0.637. The molecule has 2 aliphatic rings. The van der Waals surface area contributed by atoms with Gasteiger partial charge in [-0.05, 0) is 48.4 Å². The van der Waals surface area contributed by atoms with Gasteiger partial charge in [-0.1, -0.05) is 36.4 Å². The van der Waals surface area contributed by atoms with Gasteiger partial charge < -0.3 is 15.1 Å². The molecule has 0 aromatic heterocycles. The lowest BCUT2D eigenvalue weighted by atomic mass is 9.83. The average Bonchev–Trinajstić information content (AvgIpc) is 2.83. The highest BCUT2D eigenvalue weighted by molar-refractivity contribution is 5.82. The van der Waals surface area contributed by atoms with Crippen molar-refractivity contribution >= 4 is 17.3 Å². The normalized spacial score (nSPS) is 19.8. The van der Waals surface area contributed by atoms with Gasteiger partial charge >= 0.3 is 0 Å². The molecule has 2 atom stereocenters. The van der Waals surface area contributed by atoms with Crippen molar-refractivity contribution in [3.8, 4) is 0 Å². The minimum atomic E-state index is -0.316. The third-order valence-electron chi connectivity index (χ3n) is 6.56. The molecule has 3 aromatic rings. The Morgan fingerprint density at radius 1 is 0.938 bits per heavy atom. The lowest BCUT2D eigenvalue weighted by Gasteiger charge is -2.49. The van der Waals surface area contributed by atoms with Gasteiger partial charge in [-0.3, -0.25) is 4.79 Å². The van der Waals surface area contributed by atoms with Crippen LogP contribution >= 0.6 is 0 Å². The first-order valence-electron chi connectivity index (χ1n) is 11.0. The third kappa shape index (κ3) is 3.93. The molecule has 164 valence electrons. The molecule has 2 heterocycles. The number of anilines is 2. The van der Waals surface area contributed by atoms with Crippen molar-refractivity contribution in [3.05, 3.63) is 95.6 Å². The van der Waals surface area contributed by atoms with Crippen LogP contribution in [0.2, 0.25) is 0 Å². The molecule has 1 N–H and O–H groups in total. The maximum Gasteiger partial charge on any atom is 0.225 e. The number of hydrogen-bond donors (Lipinski definition) is 1. The van der Waals surface area contributed by atoms with Gasteiger partial charge in [0.15, 0.2) is 0 Å². The Hall–Kier alpha value is -3.41. The molecule has 2 aliphatic heterocycles. The summed E-state index contributed by atoms with van der Waals surface area (Å²) in [5.74, 6) is -0.911. The minimum Gasteiger partial charge on any atom is -0.368 e. The molecular weight excluding hydrogens is 408 g/mol. The Balaban J connectivity index is 1.39. The number of halogens is 2. The van der Waals surface area contributed by atoms with Gasteiger partial charge in [0.1, 0.15) is 11.6 Å². The lowest BCUT2D eigenvalue weighted by molar-refractivity contribution is -0.126. The van der Waals surface area contributed by atoms with Crippen LogP contribution in [0.5, 0.6) is 0 Å². The molecule has 5 rings (SSSR count). The summed E-state index contributed by atoms with van der Waals surface area (Å²) in [7, 11) is 0. The van der Waals surface area contributed by atoms with Crippen LogP contribution in [0, 0.1) is 17.6 Å². The van der Waals surface area contributed by atoms with Gasteiger partial charge in [0, 0.05) is 43.1 Å². The largest absolute Gasteiger partial charge is 0.368 e. The summed E-state index contributed by atoms with van der Waals surface area (Å²) < 4.78 is 27.4. The number of carbonyl (C=O) groups excluding carboxylic acids is 1. The number of nitrogens with one attached hydrogen (secondary N) is 1. The minimum absolute atomic E-state index is 0.0238. The average molecular weight is 434 g/mol. The number of fused-ring (bicyclic) bond motifs is 3. The highest BCUT2D eigenvalue weighted by atomic mass is 19.1. The Morgan fingerprint density at radius 2 is 1.69 bits per heavy atom. The molecule has 4 nitrogen and oxygen atoms in total. The zero-order valence-corrected chi connectivity index (χ0v) is 17.7. The topological polar surface area (TPSA) is 35.6 Å². The van der Waals surface area contributed by atoms with E-state index in [2.05, 4.69) is 27.2 Å². The van der Waals surface area contributed by atoms with E-state index < -0.39 is 0 Å². The predicted molar refractivity (Wildman–Crippen MR) is 122 cm³/mol. The summed E-state index contributed by atoms with van der Waals surface area (Å²) >= 11 is 0. The van der Waals surface area contributed by atoms with Crippen LogP contribution in [-0.4, -0.2) is 31.6 Å². The first kappa shape index (κ1) is 20.5. The fourth-order valence-corrected chi connectivity index (χ4v) is 4.90. The molecule has 0 radical (unpaired) electrons. The van der Waals surface area contributed by atoms with Crippen LogP contribution in [0.25, 0.3) is 0 Å². The molecule has 1 saturated heterocycles. The van der Waals surface area contributed by atoms with E-state index in [0.29, 0.717) is 18.5 Å². The Kier molecular flexibility index (Phi) is 5.52. The van der Waals surface area contributed by atoms with Crippen molar-refractivity contribution < 1.29 is 13.6 Å². The highest BCUT2D eigenvalue weighted by Gasteiger charge is 2.41. The summed E-state index contributed by atoms with van der Waals surface area (Å²) in [5.41, 5.74) is 3.76. The van der Waals surface area contributed by atoms with Crippen LogP contribution < -0.4 is 15.1 Å². The van der Waals surface area contributed by atoms with Crippen molar-refractivity contribution in [2.45, 2.75) is 19.0 Å². The van der Waals surface area contributed by atoms with Gasteiger partial charge in [0.2, 0.25) is 5.91 Å². The summed E-state index contributed by atoms with van der Waals surface area (Å²) in [6, 6.07) is 21.2. The van der Waals surface area contributed by atoms with Crippen LogP contribution in [0.1, 0.15) is 11.1 Å². The summed E-state index contributed by atoms with van der Waals surface area (Å²) in [6.45, 7) is 2.39. The fraction of sp³-hybridized carbons (Fsp3) is 0.269. The van der Waals surface area contributed by atoms with Gasteiger partial charge in [-0.2, -0.15) is 0 Å². The Morgan fingerprint density at radius 3 is 2.50 bits per heavy atom. The maximum absolute atomic E-state index is 14.0. The van der Waals surface area contributed by atoms with Gasteiger partial charge in [-0.15, -0.1) is 0 Å². The highest BCUT2D eigenvalue weighted by Crippen LogP contribution is 2.37. The number of rotatable bonds is 4. The van der Waals surface area contributed by atoms with E-state index in [0.717, 1.165) is 24.3 Å². The molecule has 0 bridgehead atoms. The monoisotopic (exact) mass is 433 g/mol. The Labute approximate surface area is 186 Å². The molecule has 0 saturated carbocycles. The van der Waals surface area contributed by atoms with Crippen molar-refractivity contribution in [2.75, 3.05) is 29.4 Å². The van der Waals surface area contributed by atoms with Gasteiger partial charge in [-0.25, -0.2) is 8.78 Å². The standard InChI is InChI=1S/C26H25F2N3O/c27-20-9-11-21(12-10-20)30-13-14-31-24-8-4-2-5-18(24)15-22(25(31)17-30)26(32)29-16-19-6-1-3-7-23(19)28/h1-12,22,25H,13-17H2,(H,29,32)/t22-,25-/m1/s1. The van der Waals surface area contributed by atoms with Crippen molar-refractivity contribution in [1.29, 1.82) is 0 Å². The SMILES string of the molecule is O=C(NCc1ccccc1F)[C@@H]1Cc2ccccc2N2CCN(c3ccc(F)cc3)C[C@H]12. The van der Waals surface area contributed by atoms with E-state index in [9.17, 15) is 13.6 Å². The number of carbonyl (C=O) groups is 1. The number of hydrogen-bond acceptors (Lipinski definition) is 3. The van der Waals surface area contributed by atoms with Gasteiger partial charge in [0.05, 0.1) is 12.0 Å². The van der Waals surface area contributed by atoms with Crippen LogP contribution in [0.4, 0.5) is 20.2 Å². The fourth-order valence-electron chi connectivity index (χ4n) is 4.90. The molecule has 0 aliphatic carbocycles. The van der Waals surface area contributed by atoms with Crippen LogP contribution in [0.15, 0.2) is 72.8 Å². The van der Waals surface area contributed by atoms with E-state index >= 15 is 0 Å². The second-order valence-electron chi connectivity index (χ2n) is 8.43. The lowest BCUT2D eigenvalue weighted by Crippen LogP contribution is -2.61. The van der Waals surface area contributed by atoms with Gasteiger partial charge in [0.25, 0.3) is 0 Å². The van der Waals surface area contributed by atoms with Crippen LogP contribution in [0.3, 0.4) is 0 Å². The number of para-hydroxylation sites is 1. The zero-order valence-electron chi connectivity index (χ0n) is 17.7. The first-order valence-corrected chi connectivity index (χ1v) is 11.0. The van der Waals surface area contributed by atoms with Crippen LogP contribution in [-0.2, 0) is 17.8 Å². The second kappa shape index (κ2) is 8.61. The summed E-state index contributed by atoms with van der Waals surface area (Å²) in [5, 5.41) is 2.96. The summed E-state index contributed by atoms with van der Waals surface area (Å²) in [4.78, 5) is 17.8.